The Kier molecular flexibility index (Phi) is 5.45. The van der Waals surface area contributed by atoms with Crippen molar-refractivity contribution < 1.29 is 4.79 Å². The van der Waals surface area contributed by atoms with E-state index in [-0.39, 0.29) is 11.8 Å². The Morgan fingerprint density at radius 2 is 2.07 bits per heavy atom. The number of hydrogen-bond acceptors (Lipinski definition) is 5. The van der Waals surface area contributed by atoms with E-state index in [4.69, 9.17) is 0 Å². The molecule has 146 valence electrons. The largest absolute Gasteiger partial charge is 0.342 e. The average molecular weight is 379 g/mol. The number of rotatable bonds is 6. The first-order valence-electron chi connectivity index (χ1n) is 9.73. The van der Waals surface area contributed by atoms with E-state index in [1.165, 1.54) is 6.33 Å². The fraction of sp³-hybridized carbons (Fsp3) is 0.450. The van der Waals surface area contributed by atoms with Crippen LogP contribution in [0.4, 0.5) is 0 Å². The summed E-state index contributed by atoms with van der Waals surface area (Å²) >= 11 is 0. The molecular weight excluding hydrogens is 354 g/mol. The minimum atomic E-state index is -0.107. The molecule has 1 atom stereocenters. The zero-order chi connectivity index (χ0) is 19.3. The third-order valence-electron chi connectivity index (χ3n) is 5.33. The lowest BCUT2D eigenvalue weighted by atomic mass is 9.95. The molecule has 0 aliphatic carbocycles. The highest BCUT2D eigenvalue weighted by Gasteiger charge is 2.28. The van der Waals surface area contributed by atoms with Crippen molar-refractivity contribution in [2.24, 2.45) is 5.92 Å². The van der Waals surface area contributed by atoms with Crippen molar-refractivity contribution >= 4 is 5.91 Å². The van der Waals surface area contributed by atoms with Gasteiger partial charge in [-0.25, -0.2) is 9.97 Å². The second-order valence-electron chi connectivity index (χ2n) is 7.35. The van der Waals surface area contributed by atoms with Gasteiger partial charge in [0.2, 0.25) is 5.91 Å². The third kappa shape index (κ3) is 4.11. The van der Waals surface area contributed by atoms with Gasteiger partial charge < -0.3 is 9.47 Å². The van der Waals surface area contributed by atoms with Gasteiger partial charge in [-0.05, 0) is 25.0 Å². The first kappa shape index (κ1) is 18.3. The maximum Gasteiger partial charge on any atom is 0.227 e. The Morgan fingerprint density at radius 3 is 2.79 bits per heavy atom. The Balaban J connectivity index is 1.34. The molecule has 28 heavy (non-hydrogen) atoms. The van der Waals surface area contributed by atoms with Crippen LogP contribution in [0.2, 0.25) is 0 Å². The SMILES string of the molecule is CC(Cn1cncn1)C(=O)N1CCC(c2nccn2Cc2ccccn2)CC1. The molecule has 1 saturated heterocycles. The van der Waals surface area contributed by atoms with Crippen LogP contribution in [0.25, 0.3) is 0 Å². The van der Waals surface area contributed by atoms with Crippen LogP contribution in [0, 0.1) is 5.92 Å². The lowest BCUT2D eigenvalue weighted by Crippen LogP contribution is -2.42. The summed E-state index contributed by atoms with van der Waals surface area (Å²) in [5, 5.41) is 4.09. The van der Waals surface area contributed by atoms with Crippen LogP contribution in [0.15, 0.2) is 49.4 Å². The first-order chi connectivity index (χ1) is 13.7. The smallest absolute Gasteiger partial charge is 0.227 e. The van der Waals surface area contributed by atoms with Gasteiger partial charge in [0.25, 0.3) is 0 Å². The van der Waals surface area contributed by atoms with Gasteiger partial charge in [-0.15, -0.1) is 0 Å². The van der Waals surface area contributed by atoms with E-state index in [0.717, 1.165) is 44.0 Å². The fourth-order valence-corrected chi connectivity index (χ4v) is 3.84. The second-order valence-corrected chi connectivity index (χ2v) is 7.35. The van der Waals surface area contributed by atoms with Crippen LogP contribution >= 0.6 is 0 Å². The Bertz CT molecular complexity index is 882. The lowest BCUT2D eigenvalue weighted by Gasteiger charge is -2.33. The van der Waals surface area contributed by atoms with Crippen molar-refractivity contribution in [3.63, 3.8) is 0 Å². The number of amides is 1. The fourth-order valence-electron chi connectivity index (χ4n) is 3.84. The quantitative estimate of drug-likeness (QED) is 0.654. The van der Waals surface area contributed by atoms with E-state index in [1.54, 1.807) is 11.0 Å². The molecule has 0 bridgehead atoms. The van der Waals surface area contributed by atoms with Gasteiger partial charge in [0.1, 0.15) is 18.5 Å². The minimum Gasteiger partial charge on any atom is -0.342 e. The maximum absolute atomic E-state index is 12.8. The number of aromatic nitrogens is 6. The zero-order valence-corrected chi connectivity index (χ0v) is 16.1. The third-order valence-corrected chi connectivity index (χ3v) is 5.33. The molecule has 1 amide bonds. The molecule has 1 aliphatic heterocycles. The summed E-state index contributed by atoms with van der Waals surface area (Å²) in [6.07, 6.45) is 10.7. The summed E-state index contributed by atoms with van der Waals surface area (Å²) < 4.78 is 3.89. The highest BCUT2D eigenvalue weighted by atomic mass is 16.2. The van der Waals surface area contributed by atoms with Gasteiger partial charge in [0.05, 0.1) is 24.7 Å². The van der Waals surface area contributed by atoms with Gasteiger partial charge in [-0.1, -0.05) is 13.0 Å². The van der Waals surface area contributed by atoms with Crippen molar-refractivity contribution in [1.82, 2.24) is 34.2 Å². The monoisotopic (exact) mass is 379 g/mol. The predicted octanol–water partition coefficient (Wildman–Crippen LogP) is 1.96. The van der Waals surface area contributed by atoms with Crippen molar-refractivity contribution in [3.05, 3.63) is 61.0 Å². The molecule has 0 spiro atoms. The normalized spacial score (nSPS) is 16.2. The van der Waals surface area contributed by atoms with Crippen molar-refractivity contribution in [2.75, 3.05) is 13.1 Å². The predicted molar refractivity (Wildman–Crippen MR) is 103 cm³/mol. The highest BCUT2D eigenvalue weighted by molar-refractivity contribution is 5.78. The molecule has 1 fully saturated rings. The van der Waals surface area contributed by atoms with Gasteiger partial charge >= 0.3 is 0 Å². The van der Waals surface area contributed by atoms with Crippen LogP contribution in [0.1, 0.15) is 37.2 Å². The Hall–Kier alpha value is -3.03. The summed E-state index contributed by atoms with van der Waals surface area (Å²) in [7, 11) is 0. The highest BCUT2D eigenvalue weighted by Crippen LogP contribution is 2.28. The first-order valence-corrected chi connectivity index (χ1v) is 9.73. The lowest BCUT2D eigenvalue weighted by molar-refractivity contribution is -0.136. The molecule has 0 N–H and O–H groups in total. The second kappa shape index (κ2) is 8.33. The maximum atomic E-state index is 12.8. The molecule has 3 aromatic heterocycles. The number of nitrogens with zero attached hydrogens (tertiary/aromatic N) is 7. The molecule has 0 radical (unpaired) electrons. The molecule has 4 heterocycles. The number of carbonyl (C=O) groups excluding carboxylic acids is 1. The molecular formula is C20H25N7O. The molecule has 3 aromatic rings. The molecule has 8 nitrogen and oxygen atoms in total. The molecule has 8 heteroatoms. The standard InChI is InChI=1S/C20H25N7O/c1-16(12-27-15-21-14-24-27)20(28)25-9-5-17(6-10-25)19-23-8-11-26(19)13-18-4-2-3-7-22-18/h2-4,7-8,11,14-17H,5-6,9-10,12-13H2,1H3. The molecule has 0 aromatic carbocycles. The number of carbonyl (C=O) groups is 1. The van der Waals surface area contributed by atoms with Crippen LogP contribution in [0.5, 0.6) is 0 Å². The summed E-state index contributed by atoms with van der Waals surface area (Å²) in [4.78, 5) is 27.7. The van der Waals surface area contributed by atoms with Crippen molar-refractivity contribution in [2.45, 2.75) is 38.8 Å². The van der Waals surface area contributed by atoms with Crippen LogP contribution in [0.3, 0.4) is 0 Å². The Morgan fingerprint density at radius 1 is 1.21 bits per heavy atom. The number of likely N-dealkylation sites (tertiary alicyclic amines) is 1. The molecule has 1 unspecified atom stereocenters. The number of pyridine rings is 1. The average Bonchev–Trinajstić information content (AvgIpc) is 3.40. The Labute approximate surface area is 164 Å². The van der Waals surface area contributed by atoms with E-state index < -0.39 is 0 Å². The summed E-state index contributed by atoms with van der Waals surface area (Å²) in [5.41, 5.74) is 1.02. The molecule has 4 rings (SSSR count). The van der Waals surface area contributed by atoms with Crippen LogP contribution in [-0.2, 0) is 17.9 Å². The van der Waals surface area contributed by atoms with Gasteiger partial charge in [0, 0.05) is 37.6 Å². The molecule has 0 saturated carbocycles. The van der Waals surface area contributed by atoms with E-state index in [9.17, 15) is 4.79 Å². The molecule has 1 aliphatic rings. The zero-order valence-electron chi connectivity index (χ0n) is 16.1. The van der Waals surface area contributed by atoms with Crippen molar-refractivity contribution in [3.8, 4) is 0 Å². The number of hydrogen-bond donors (Lipinski definition) is 0. The minimum absolute atomic E-state index is 0.107. The van der Waals surface area contributed by atoms with E-state index in [2.05, 4.69) is 24.6 Å². The van der Waals surface area contributed by atoms with Crippen LogP contribution in [-0.4, -0.2) is 53.2 Å². The number of piperidine rings is 1. The van der Waals surface area contributed by atoms with Gasteiger partial charge in [0.15, 0.2) is 0 Å². The van der Waals surface area contributed by atoms with E-state index >= 15 is 0 Å². The van der Waals surface area contributed by atoms with Crippen molar-refractivity contribution in [1.29, 1.82) is 0 Å². The summed E-state index contributed by atoms with van der Waals surface area (Å²) in [5.74, 6) is 1.54. The topological polar surface area (TPSA) is 81.7 Å². The van der Waals surface area contributed by atoms with E-state index in [0.29, 0.717) is 12.5 Å². The van der Waals surface area contributed by atoms with Gasteiger partial charge in [-0.3, -0.25) is 14.5 Å². The van der Waals surface area contributed by atoms with E-state index in [1.807, 2.05) is 48.6 Å². The number of imidazole rings is 1. The van der Waals surface area contributed by atoms with Crippen LogP contribution < -0.4 is 0 Å². The summed E-state index contributed by atoms with van der Waals surface area (Å²) in [6, 6.07) is 5.96. The van der Waals surface area contributed by atoms with Gasteiger partial charge in [-0.2, -0.15) is 5.10 Å². The summed E-state index contributed by atoms with van der Waals surface area (Å²) in [6.45, 7) is 4.77.